The minimum absolute atomic E-state index is 0.00254. The molecule has 4 aromatic rings. The molecule has 2 aromatic carbocycles. The molecule has 0 bridgehead atoms. The first-order chi connectivity index (χ1) is 16.1. The van der Waals surface area contributed by atoms with E-state index in [0.29, 0.717) is 40.9 Å². The van der Waals surface area contributed by atoms with Gasteiger partial charge in [-0.2, -0.15) is 0 Å². The topological polar surface area (TPSA) is 64.6 Å². The summed E-state index contributed by atoms with van der Waals surface area (Å²) in [5.41, 5.74) is 2.71. The maximum atomic E-state index is 13.4. The maximum Gasteiger partial charge on any atom is 0.229 e. The number of hydrogen-bond acceptors (Lipinski definition) is 7. The third kappa shape index (κ3) is 5.46. The van der Waals surface area contributed by atoms with Crippen LogP contribution in [0.5, 0.6) is 11.5 Å². The molecule has 1 amide bonds. The number of amides is 1. The third-order valence-corrected chi connectivity index (χ3v) is 7.19. The number of methoxy groups -OCH3 is 2. The van der Waals surface area contributed by atoms with Crippen LogP contribution >= 0.6 is 23.1 Å². The summed E-state index contributed by atoms with van der Waals surface area (Å²) in [7, 11) is 3.24. The van der Waals surface area contributed by atoms with Gasteiger partial charge < -0.3 is 9.47 Å². The van der Waals surface area contributed by atoms with Crippen molar-refractivity contribution in [1.82, 2.24) is 9.97 Å². The van der Waals surface area contributed by atoms with E-state index in [-0.39, 0.29) is 5.91 Å². The molecule has 0 fully saturated rings. The van der Waals surface area contributed by atoms with Gasteiger partial charge in [0.05, 0.1) is 26.5 Å². The highest BCUT2D eigenvalue weighted by molar-refractivity contribution is 7.99. The van der Waals surface area contributed by atoms with Gasteiger partial charge in [-0.3, -0.25) is 14.7 Å². The summed E-state index contributed by atoms with van der Waals surface area (Å²) < 4.78 is 11.9. The molecular weight excluding hydrogens is 454 g/mol. The number of aromatic nitrogens is 2. The molecule has 2 aromatic heterocycles. The standard InChI is InChI=1S/C25H25N3O3S2/c1-17-7-9-19(10-8-17)32-15-13-22(29)28(16-18-6-4-5-14-26-18)25-27-23-20(30-2)11-12-21(31-3)24(23)33-25/h4-12,14H,13,15-16H2,1-3H3. The Morgan fingerprint density at radius 3 is 2.48 bits per heavy atom. The first-order valence-electron chi connectivity index (χ1n) is 10.5. The molecule has 0 atom stereocenters. The number of aryl methyl sites for hydroxylation is 1. The number of anilines is 1. The fraction of sp³-hybridized carbons (Fsp3) is 0.240. The van der Waals surface area contributed by atoms with Gasteiger partial charge in [-0.15, -0.1) is 11.8 Å². The average Bonchev–Trinajstić information content (AvgIpc) is 3.29. The van der Waals surface area contributed by atoms with Crippen LogP contribution < -0.4 is 14.4 Å². The summed E-state index contributed by atoms with van der Waals surface area (Å²) in [5, 5.41) is 0.601. The summed E-state index contributed by atoms with van der Waals surface area (Å²) in [4.78, 5) is 25.4. The van der Waals surface area contributed by atoms with Crippen molar-refractivity contribution < 1.29 is 14.3 Å². The predicted octanol–water partition coefficient (Wildman–Crippen LogP) is 5.73. The van der Waals surface area contributed by atoms with Crippen molar-refractivity contribution >= 4 is 44.4 Å². The lowest BCUT2D eigenvalue weighted by atomic mass is 10.2. The molecule has 4 rings (SSSR count). The normalized spacial score (nSPS) is 10.9. The Morgan fingerprint density at radius 2 is 1.79 bits per heavy atom. The Morgan fingerprint density at radius 1 is 1.03 bits per heavy atom. The van der Waals surface area contributed by atoms with Crippen molar-refractivity contribution in [3.05, 3.63) is 72.1 Å². The number of nitrogens with zero attached hydrogens (tertiary/aromatic N) is 3. The van der Waals surface area contributed by atoms with Crippen molar-refractivity contribution in [3.8, 4) is 11.5 Å². The molecule has 0 radical (unpaired) electrons. The molecule has 170 valence electrons. The monoisotopic (exact) mass is 479 g/mol. The van der Waals surface area contributed by atoms with Crippen molar-refractivity contribution in [2.75, 3.05) is 24.9 Å². The van der Waals surface area contributed by atoms with Gasteiger partial charge >= 0.3 is 0 Å². The highest BCUT2D eigenvalue weighted by Crippen LogP contribution is 2.40. The summed E-state index contributed by atoms with van der Waals surface area (Å²) in [5.74, 6) is 2.03. The lowest BCUT2D eigenvalue weighted by Gasteiger charge is -2.19. The van der Waals surface area contributed by atoms with Gasteiger partial charge in [0.25, 0.3) is 0 Å². The lowest BCUT2D eigenvalue weighted by Crippen LogP contribution is -2.30. The van der Waals surface area contributed by atoms with Gasteiger partial charge in [-0.05, 0) is 43.3 Å². The number of carbonyl (C=O) groups is 1. The first-order valence-corrected chi connectivity index (χ1v) is 12.3. The number of pyridine rings is 1. The number of hydrogen-bond donors (Lipinski definition) is 0. The van der Waals surface area contributed by atoms with E-state index in [0.717, 1.165) is 15.3 Å². The number of carbonyl (C=O) groups excluding carboxylic acids is 1. The van der Waals surface area contributed by atoms with Crippen molar-refractivity contribution in [2.24, 2.45) is 0 Å². The molecule has 8 heteroatoms. The molecule has 6 nitrogen and oxygen atoms in total. The molecule has 0 aliphatic rings. The van der Waals surface area contributed by atoms with Gasteiger partial charge in [-0.25, -0.2) is 4.98 Å². The molecule has 0 saturated heterocycles. The Hall–Kier alpha value is -3.10. The van der Waals surface area contributed by atoms with E-state index in [4.69, 9.17) is 14.5 Å². The molecule has 0 aliphatic heterocycles. The van der Waals surface area contributed by atoms with E-state index in [1.807, 2.05) is 30.3 Å². The first kappa shape index (κ1) is 23.1. The van der Waals surface area contributed by atoms with Crippen LogP contribution in [0.15, 0.2) is 65.7 Å². The van der Waals surface area contributed by atoms with Crippen molar-refractivity contribution in [2.45, 2.75) is 24.8 Å². The van der Waals surface area contributed by atoms with Crippen LogP contribution in [-0.2, 0) is 11.3 Å². The van der Waals surface area contributed by atoms with Gasteiger partial charge in [0.2, 0.25) is 5.91 Å². The number of thiazole rings is 1. The largest absolute Gasteiger partial charge is 0.495 e. The zero-order valence-corrected chi connectivity index (χ0v) is 20.4. The summed E-state index contributed by atoms with van der Waals surface area (Å²) in [6, 6.07) is 17.7. The maximum absolute atomic E-state index is 13.4. The number of rotatable bonds is 9. The fourth-order valence-electron chi connectivity index (χ4n) is 3.33. The highest BCUT2D eigenvalue weighted by Gasteiger charge is 2.23. The van der Waals surface area contributed by atoms with Gasteiger partial charge in [0.15, 0.2) is 5.13 Å². The summed E-state index contributed by atoms with van der Waals surface area (Å²) in [6.07, 6.45) is 2.12. The highest BCUT2D eigenvalue weighted by atomic mass is 32.2. The SMILES string of the molecule is COc1ccc(OC)c2sc(N(Cc3ccccn3)C(=O)CCSc3ccc(C)cc3)nc12. The van der Waals surface area contributed by atoms with E-state index in [1.165, 1.54) is 16.9 Å². The fourth-order valence-corrected chi connectivity index (χ4v) is 5.26. The third-order valence-electron chi connectivity index (χ3n) is 5.08. The number of thioether (sulfide) groups is 1. The number of fused-ring (bicyclic) bond motifs is 1. The molecule has 0 spiro atoms. The van der Waals surface area contributed by atoms with Gasteiger partial charge in [0.1, 0.15) is 21.7 Å². The molecule has 0 unspecified atom stereocenters. The Bertz CT molecular complexity index is 1190. The summed E-state index contributed by atoms with van der Waals surface area (Å²) >= 11 is 3.09. The predicted molar refractivity (Wildman–Crippen MR) is 135 cm³/mol. The smallest absolute Gasteiger partial charge is 0.229 e. The molecule has 2 heterocycles. The molecule has 0 aliphatic carbocycles. The van der Waals surface area contributed by atoms with Crippen LogP contribution in [0.2, 0.25) is 0 Å². The zero-order chi connectivity index (χ0) is 23.2. The summed E-state index contributed by atoms with van der Waals surface area (Å²) in [6.45, 7) is 2.41. The van der Waals surface area contributed by atoms with E-state index in [2.05, 4.69) is 36.2 Å². The number of benzene rings is 2. The van der Waals surface area contributed by atoms with Gasteiger partial charge in [-0.1, -0.05) is 35.1 Å². The molecule has 0 saturated carbocycles. The van der Waals surface area contributed by atoms with E-state index in [9.17, 15) is 4.79 Å². The lowest BCUT2D eigenvalue weighted by molar-refractivity contribution is -0.118. The molecule has 33 heavy (non-hydrogen) atoms. The van der Waals surface area contributed by atoms with Crippen LogP contribution in [0.3, 0.4) is 0 Å². The molecule has 0 N–H and O–H groups in total. The second kappa shape index (κ2) is 10.7. The Labute approximate surface area is 201 Å². The van der Waals surface area contributed by atoms with E-state index >= 15 is 0 Å². The minimum atomic E-state index is -0.00254. The van der Waals surface area contributed by atoms with Crippen molar-refractivity contribution in [1.29, 1.82) is 0 Å². The van der Waals surface area contributed by atoms with Crippen LogP contribution in [0, 0.1) is 6.92 Å². The Kier molecular flexibility index (Phi) is 7.47. The van der Waals surface area contributed by atoms with Crippen LogP contribution in [0.25, 0.3) is 10.2 Å². The molecular formula is C25H25N3O3S2. The van der Waals surface area contributed by atoms with Crippen molar-refractivity contribution in [3.63, 3.8) is 0 Å². The van der Waals surface area contributed by atoms with Crippen LogP contribution in [-0.4, -0.2) is 35.8 Å². The zero-order valence-electron chi connectivity index (χ0n) is 18.8. The van der Waals surface area contributed by atoms with Crippen LogP contribution in [0.1, 0.15) is 17.7 Å². The van der Waals surface area contributed by atoms with E-state index < -0.39 is 0 Å². The Balaban J connectivity index is 1.60. The second-order valence-corrected chi connectivity index (χ2v) is 9.50. The minimum Gasteiger partial charge on any atom is -0.495 e. The number of ether oxygens (including phenoxy) is 2. The average molecular weight is 480 g/mol. The van der Waals surface area contributed by atoms with Gasteiger partial charge in [0, 0.05) is 23.3 Å². The second-order valence-electron chi connectivity index (χ2n) is 7.36. The van der Waals surface area contributed by atoms with Crippen LogP contribution in [0.4, 0.5) is 5.13 Å². The van der Waals surface area contributed by atoms with E-state index in [1.54, 1.807) is 37.1 Å². The quantitative estimate of drug-likeness (QED) is 0.286.